The maximum Gasteiger partial charge on any atom is 0.223 e. The summed E-state index contributed by atoms with van der Waals surface area (Å²) in [5.41, 5.74) is 6.43. The number of carbonyl (C=O) groups excluding carboxylic acids is 1. The van der Waals surface area contributed by atoms with Crippen molar-refractivity contribution in [1.82, 2.24) is 4.57 Å². The lowest BCUT2D eigenvalue weighted by Gasteiger charge is -2.15. The van der Waals surface area contributed by atoms with E-state index in [9.17, 15) is 4.79 Å². The van der Waals surface area contributed by atoms with Crippen LogP contribution in [0.4, 0.5) is 5.69 Å². The van der Waals surface area contributed by atoms with Crippen LogP contribution >= 0.6 is 22.6 Å². The van der Waals surface area contributed by atoms with E-state index in [0.717, 1.165) is 44.3 Å². The molecule has 0 atom stereocenters. The van der Waals surface area contributed by atoms with E-state index in [2.05, 4.69) is 92.4 Å². The number of para-hydroxylation sites is 1. The van der Waals surface area contributed by atoms with Crippen molar-refractivity contribution in [3.8, 4) is 5.69 Å². The highest BCUT2D eigenvalue weighted by molar-refractivity contribution is 14.1. The summed E-state index contributed by atoms with van der Waals surface area (Å²) in [6.45, 7) is 5.58. The average Bonchev–Trinajstić information content (AvgIpc) is 3.09. The molecule has 0 aliphatic rings. The van der Waals surface area contributed by atoms with Gasteiger partial charge >= 0.3 is 0 Å². The minimum atomic E-state index is 0.00955. The fraction of sp³-hybridized carbons (Fsp3) is 0.0800. The molecule has 0 unspecified atom stereocenters. The smallest absolute Gasteiger partial charge is 0.223 e. The standard InChI is InChI=1S/C25H21IN2O/c1-4-18(16-26)21-11-8-12-24-25(21)22-15-20(27(3)17(2)29)13-14-23(22)28(24)19-9-6-5-7-10-19/h4-16H,1H2,2-3H3/b18-16+. The maximum atomic E-state index is 11.9. The molecule has 4 aromatic rings. The second-order valence-corrected chi connectivity index (χ2v) is 7.54. The zero-order chi connectivity index (χ0) is 20.5. The molecular weight excluding hydrogens is 471 g/mol. The van der Waals surface area contributed by atoms with E-state index in [-0.39, 0.29) is 5.91 Å². The molecular formula is C25H21IN2O. The second kappa shape index (κ2) is 7.87. The molecule has 0 saturated carbocycles. The van der Waals surface area contributed by atoms with E-state index in [4.69, 9.17) is 0 Å². The van der Waals surface area contributed by atoms with Crippen LogP contribution in [0.15, 0.2) is 83.5 Å². The molecule has 0 spiro atoms. The van der Waals surface area contributed by atoms with Gasteiger partial charge in [-0.1, -0.05) is 65.6 Å². The lowest BCUT2D eigenvalue weighted by Crippen LogP contribution is -2.22. The molecule has 4 heteroatoms. The molecule has 0 N–H and O–H groups in total. The average molecular weight is 492 g/mol. The molecule has 0 fully saturated rings. The van der Waals surface area contributed by atoms with Gasteiger partial charge in [-0.05, 0) is 51.6 Å². The van der Waals surface area contributed by atoms with Gasteiger partial charge in [0.05, 0.1) is 11.0 Å². The predicted octanol–water partition coefficient (Wildman–Crippen LogP) is 6.73. The lowest BCUT2D eigenvalue weighted by molar-refractivity contribution is -0.116. The molecule has 3 aromatic carbocycles. The van der Waals surface area contributed by atoms with Crippen molar-refractivity contribution in [1.29, 1.82) is 0 Å². The Hall–Kier alpha value is -2.86. The normalized spacial score (nSPS) is 11.8. The quantitative estimate of drug-likeness (QED) is 0.229. The van der Waals surface area contributed by atoms with Crippen LogP contribution in [0.1, 0.15) is 12.5 Å². The number of fused-ring (bicyclic) bond motifs is 3. The monoisotopic (exact) mass is 492 g/mol. The number of halogens is 1. The fourth-order valence-electron chi connectivity index (χ4n) is 3.76. The van der Waals surface area contributed by atoms with Crippen molar-refractivity contribution in [2.45, 2.75) is 6.92 Å². The number of hydrogen-bond acceptors (Lipinski definition) is 1. The van der Waals surface area contributed by atoms with Crippen LogP contribution in [0.5, 0.6) is 0 Å². The number of hydrogen-bond donors (Lipinski definition) is 0. The van der Waals surface area contributed by atoms with Gasteiger partial charge in [0.25, 0.3) is 0 Å². The van der Waals surface area contributed by atoms with Gasteiger partial charge in [-0.15, -0.1) is 0 Å². The number of amides is 1. The van der Waals surface area contributed by atoms with Gasteiger partial charge in [0, 0.05) is 36.1 Å². The highest BCUT2D eigenvalue weighted by Gasteiger charge is 2.17. The summed E-state index contributed by atoms with van der Waals surface area (Å²) < 4.78 is 4.33. The van der Waals surface area contributed by atoms with E-state index in [1.165, 1.54) is 0 Å². The van der Waals surface area contributed by atoms with E-state index >= 15 is 0 Å². The van der Waals surface area contributed by atoms with Gasteiger partial charge in [0.2, 0.25) is 5.91 Å². The molecule has 0 aliphatic carbocycles. The minimum Gasteiger partial charge on any atom is -0.316 e. The van der Waals surface area contributed by atoms with Crippen LogP contribution in [0.3, 0.4) is 0 Å². The Bertz CT molecular complexity index is 1270. The van der Waals surface area contributed by atoms with Crippen molar-refractivity contribution < 1.29 is 4.79 Å². The van der Waals surface area contributed by atoms with Crippen LogP contribution in [0, 0.1) is 0 Å². The van der Waals surface area contributed by atoms with Crippen LogP contribution in [0.2, 0.25) is 0 Å². The van der Waals surface area contributed by atoms with Crippen molar-refractivity contribution >= 4 is 61.6 Å². The molecule has 0 saturated heterocycles. The zero-order valence-electron chi connectivity index (χ0n) is 16.4. The number of anilines is 1. The molecule has 0 bridgehead atoms. The first kappa shape index (κ1) is 19.5. The number of carbonyl (C=O) groups is 1. The third-order valence-corrected chi connectivity index (χ3v) is 5.97. The highest BCUT2D eigenvalue weighted by Crippen LogP contribution is 2.38. The Kier molecular flexibility index (Phi) is 5.28. The second-order valence-electron chi connectivity index (χ2n) is 6.92. The fourth-order valence-corrected chi connectivity index (χ4v) is 4.35. The largest absolute Gasteiger partial charge is 0.316 e. The Morgan fingerprint density at radius 2 is 1.79 bits per heavy atom. The molecule has 1 aromatic heterocycles. The van der Waals surface area contributed by atoms with Crippen LogP contribution in [-0.4, -0.2) is 17.5 Å². The Balaban J connectivity index is 2.17. The zero-order valence-corrected chi connectivity index (χ0v) is 18.6. The molecule has 0 aliphatic heterocycles. The molecule has 3 nitrogen and oxygen atoms in total. The van der Waals surface area contributed by atoms with Gasteiger partial charge < -0.3 is 9.47 Å². The van der Waals surface area contributed by atoms with E-state index in [0.29, 0.717) is 0 Å². The SMILES string of the molecule is C=C/C(=C\I)c1cccc2c1c1cc(N(C)C(C)=O)ccc1n2-c1ccccc1. The summed E-state index contributed by atoms with van der Waals surface area (Å²) in [6, 6.07) is 22.9. The van der Waals surface area contributed by atoms with Crippen molar-refractivity contribution in [3.63, 3.8) is 0 Å². The summed E-state index contributed by atoms with van der Waals surface area (Å²) in [5, 5.41) is 2.27. The molecule has 4 rings (SSSR count). The maximum absolute atomic E-state index is 11.9. The summed E-state index contributed by atoms with van der Waals surface area (Å²) in [6.07, 6.45) is 1.89. The van der Waals surface area contributed by atoms with Gasteiger partial charge in [0.1, 0.15) is 0 Å². The third kappa shape index (κ3) is 3.27. The highest BCUT2D eigenvalue weighted by atomic mass is 127. The van der Waals surface area contributed by atoms with Gasteiger partial charge in [0.15, 0.2) is 0 Å². The molecule has 29 heavy (non-hydrogen) atoms. The Labute approximate surface area is 184 Å². The number of aromatic nitrogens is 1. The first-order chi connectivity index (χ1) is 14.1. The number of benzene rings is 3. The van der Waals surface area contributed by atoms with E-state index < -0.39 is 0 Å². The van der Waals surface area contributed by atoms with E-state index in [1.54, 1.807) is 18.9 Å². The Morgan fingerprint density at radius 3 is 2.45 bits per heavy atom. The molecule has 1 heterocycles. The molecule has 0 radical (unpaired) electrons. The number of allylic oxidation sites excluding steroid dienone is 2. The summed E-state index contributed by atoms with van der Waals surface area (Å²) >= 11 is 2.26. The molecule has 1 amide bonds. The Morgan fingerprint density at radius 1 is 1.03 bits per heavy atom. The summed E-state index contributed by atoms with van der Waals surface area (Å²) in [5.74, 6) is 0.00955. The van der Waals surface area contributed by atoms with E-state index in [1.807, 2.05) is 18.2 Å². The number of rotatable bonds is 4. The van der Waals surface area contributed by atoms with Gasteiger partial charge in [-0.3, -0.25) is 4.79 Å². The summed E-state index contributed by atoms with van der Waals surface area (Å²) in [4.78, 5) is 13.6. The van der Waals surface area contributed by atoms with Crippen molar-refractivity contribution in [2.24, 2.45) is 0 Å². The molecule has 144 valence electrons. The first-order valence-electron chi connectivity index (χ1n) is 9.37. The minimum absolute atomic E-state index is 0.00955. The van der Waals surface area contributed by atoms with Crippen molar-refractivity contribution in [3.05, 3.63) is 89.0 Å². The van der Waals surface area contributed by atoms with Crippen LogP contribution in [-0.2, 0) is 4.79 Å². The van der Waals surface area contributed by atoms with Crippen LogP contribution < -0.4 is 4.90 Å². The third-order valence-electron chi connectivity index (χ3n) is 5.30. The first-order valence-corrected chi connectivity index (χ1v) is 10.6. The lowest BCUT2D eigenvalue weighted by atomic mass is 10.0. The van der Waals surface area contributed by atoms with Gasteiger partial charge in [-0.25, -0.2) is 0 Å². The predicted molar refractivity (Wildman–Crippen MR) is 132 cm³/mol. The van der Waals surface area contributed by atoms with Crippen LogP contribution in [0.25, 0.3) is 33.1 Å². The summed E-state index contributed by atoms with van der Waals surface area (Å²) in [7, 11) is 1.81. The van der Waals surface area contributed by atoms with Crippen molar-refractivity contribution in [2.75, 3.05) is 11.9 Å². The van der Waals surface area contributed by atoms with Gasteiger partial charge in [-0.2, -0.15) is 0 Å². The number of nitrogens with zero attached hydrogens (tertiary/aromatic N) is 2. The topological polar surface area (TPSA) is 25.2 Å².